The molecule has 0 amide bonds. The zero-order chi connectivity index (χ0) is 10.3. The van der Waals surface area contributed by atoms with Crippen LogP contribution in [-0.2, 0) is 0 Å². The molecule has 0 spiro atoms. The molecule has 0 aromatic heterocycles. The molecule has 3 aliphatic rings. The first-order valence-electron chi connectivity index (χ1n) is 6.83. The molecule has 2 heteroatoms. The first kappa shape index (κ1) is 10.1. The van der Waals surface area contributed by atoms with Crippen molar-refractivity contribution >= 4 is 0 Å². The van der Waals surface area contributed by atoms with E-state index in [0.29, 0.717) is 6.04 Å². The Morgan fingerprint density at radius 3 is 2.53 bits per heavy atom. The first-order valence-corrected chi connectivity index (χ1v) is 6.83. The van der Waals surface area contributed by atoms with Crippen molar-refractivity contribution in [1.29, 1.82) is 0 Å². The summed E-state index contributed by atoms with van der Waals surface area (Å²) in [6.07, 6.45) is 11.7. The average molecular weight is 208 g/mol. The first-order chi connectivity index (χ1) is 7.36. The number of hydrogen-bond acceptors (Lipinski definition) is 2. The highest BCUT2D eigenvalue weighted by atomic mass is 15.2. The maximum atomic E-state index is 5.74. The van der Waals surface area contributed by atoms with E-state index in [1.165, 1.54) is 51.4 Å². The summed E-state index contributed by atoms with van der Waals surface area (Å²) in [6, 6.07) is 0.626. The van der Waals surface area contributed by atoms with Crippen LogP contribution in [0.25, 0.3) is 0 Å². The predicted molar refractivity (Wildman–Crippen MR) is 62.0 cm³/mol. The van der Waals surface area contributed by atoms with Crippen molar-refractivity contribution in [2.75, 3.05) is 0 Å². The molecule has 0 aromatic carbocycles. The van der Waals surface area contributed by atoms with Crippen LogP contribution in [0.4, 0.5) is 0 Å². The maximum absolute atomic E-state index is 5.74. The van der Waals surface area contributed by atoms with Gasteiger partial charge in [0.1, 0.15) is 0 Å². The molecule has 3 rings (SSSR count). The summed E-state index contributed by atoms with van der Waals surface area (Å²) in [4.78, 5) is 0. The van der Waals surface area contributed by atoms with Crippen LogP contribution in [0.15, 0.2) is 0 Å². The molecule has 0 radical (unpaired) electrons. The van der Waals surface area contributed by atoms with E-state index in [1.54, 1.807) is 0 Å². The smallest absolute Gasteiger partial charge is 0.0241 e. The largest absolute Gasteiger partial charge is 0.271 e. The zero-order valence-corrected chi connectivity index (χ0v) is 9.62. The lowest BCUT2D eigenvalue weighted by molar-refractivity contribution is 0.235. The predicted octanol–water partition coefficient (Wildman–Crippen LogP) is 2.44. The summed E-state index contributed by atoms with van der Waals surface area (Å²) < 4.78 is 0. The highest BCUT2D eigenvalue weighted by Crippen LogP contribution is 2.50. The second-order valence-corrected chi connectivity index (χ2v) is 6.13. The van der Waals surface area contributed by atoms with Crippen molar-refractivity contribution in [3.63, 3.8) is 0 Å². The number of nitrogens with two attached hydrogens (primary N) is 1. The second-order valence-electron chi connectivity index (χ2n) is 6.13. The lowest BCUT2D eigenvalue weighted by Crippen LogP contribution is -2.42. The van der Waals surface area contributed by atoms with Gasteiger partial charge in [-0.2, -0.15) is 0 Å². The van der Waals surface area contributed by atoms with Gasteiger partial charge >= 0.3 is 0 Å². The van der Waals surface area contributed by atoms with Gasteiger partial charge in [0.25, 0.3) is 0 Å². The Morgan fingerprint density at radius 1 is 1.13 bits per heavy atom. The molecule has 0 aromatic rings. The molecule has 3 fully saturated rings. The van der Waals surface area contributed by atoms with Crippen LogP contribution >= 0.6 is 0 Å². The second kappa shape index (κ2) is 4.06. The molecule has 3 saturated carbocycles. The Morgan fingerprint density at radius 2 is 2.00 bits per heavy atom. The quantitative estimate of drug-likeness (QED) is 0.538. The van der Waals surface area contributed by atoms with E-state index < -0.39 is 0 Å². The number of nitrogens with one attached hydrogen (secondary N) is 1. The summed E-state index contributed by atoms with van der Waals surface area (Å²) >= 11 is 0. The summed E-state index contributed by atoms with van der Waals surface area (Å²) in [5, 5.41) is 0. The van der Waals surface area contributed by atoms with Crippen molar-refractivity contribution in [1.82, 2.24) is 5.43 Å². The van der Waals surface area contributed by atoms with Crippen LogP contribution in [0.1, 0.15) is 51.4 Å². The van der Waals surface area contributed by atoms with Crippen molar-refractivity contribution in [3.05, 3.63) is 0 Å². The van der Waals surface area contributed by atoms with Gasteiger partial charge in [0.05, 0.1) is 0 Å². The molecule has 86 valence electrons. The standard InChI is InChI=1S/C13H24N2/c14-15-13(6-4-9-1-2-9)12-8-10-3-5-11(12)7-10/h9-13,15H,1-8,14H2. The summed E-state index contributed by atoms with van der Waals surface area (Å²) in [6.45, 7) is 0. The number of hydrogen-bond donors (Lipinski definition) is 2. The zero-order valence-electron chi connectivity index (χ0n) is 9.62. The van der Waals surface area contributed by atoms with Crippen LogP contribution < -0.4 is 11.3 Å². The molecule has 4 atom stereocenters. The lowest BCUT2D eigenvalue weighted by atomic mass is 9.81. The Labute approximate surface area is 93.0 Å². The van der Waals surface area contributed by atoms with Crippen LogP contribution in [0.2, 0.25) is 0 Å². The molecule has 0 heterocycles. The summed E-state index contributed by atoms with van der Waals surface area (Å²) in [5.41, 5.74) is 3.11. The SMILES string of the molecule is NNC(CCC1CC1)C1CC2CCC1C2. The molecule has 2 nitrogen and oxygen atoms in total. The van der Waals surface area contributed by atoms with Gasteiger partial charge in [-0.1, -0.05) is 19.3 Å². The van der Waals surface area contributed by atoms with Crippen molar-refractivity contribution in [2.24, 2.45) is 29.5 Å². The minimum atomic E-state index is 0.626. The molecule has 2 bridgehead atoms. The minimum absolute atomic E-state index is 0.626. The third kappa shape index (κ3) is 2.07. The van der Waals surface area contributed by atoms with E-state index in [2.05, 4.69) is 5.43 Å². The molecular formula is C13H24N2. The number of hydrazine groups is 1. The summed E-state index contributed by atoms with van der Waals surface area (Å²) in [7, 11) is 0. The van der Waals surface area contributed by atoms with E-state index in [-0.39, 0.29) is 0 Å². The van der Waals surface area contributed by atoms with E-state index in [4.69, 9.17) is 5.84 Å². The van der Waals surface area contributed by atoms with E-state index in [1.807, 2.05) is 0 Å². The highest BCUT2D eigenvalue weighted by molar-refractivity contribution is 4.95. The van der Waals surface area contributed by atoms with Crippen LogP contribution in [0, 0.1) is 23.7 Å². The monoisotopic (exact) mass is 208 g/mol. The Kier molecular flexibility index (Phi) is 2.73. The van der Waals surface area contributed by atoms with Gasteiger partial charge in [-0.3, -0.25) is 11.3 Å². The van der Waals surface area contributed by atoms with E-state index in [9.17, 15) is 0 Å². The molecule has 3 aliphatic carbocycles. The van der Waals surface area contributed by atoms with Crippen molar-refractivity contribution < 1.29 is 0 Å². The van der Waals surface area contributed by atoms with Gasteiger partial charge in [-0.05, 0) is 55.8 Å². The Balaban J connectivity index is 1.53. The molecule has 15 heavy (non-hydrogen) atoms. The molecule has 0 aliphatic heterocycles. The van der Waals surface area contributed by atoms with E-state index >= 15 is 0 Å². The highest BCUT2D eigenvalue weighted by Gasteiger charge is 2.42. The lowest BCUT2D eigenvalue weighted by Gasteiger charge is -2.30. The number of rotatable bonds is 5. The van der Waals surface area contributed by atoms with Gasteiger partial charge < -0.3 is 0 Å². The minimum Gasteiger partial charge on any atom is -0.271 e. The molecule has 0 saturated heterocycles. The fraction of sp³-hybridized carbons (Fsp3) is 1.00. The molecule has 4 unspecified atom stereocenters. The number of fused-ring (bicyclic) bond motifs is 2. The molecule has 3 N–H and O–H groups in total. The Bertz CT molecular complexity index is 225. The van der Waals surface area contributed by atoms with Gasteiger partial charge in [0.2, 0.25) is 0 Å². The van der Waals surface area contributed by atoms with Crippen LogP contribution in [0.3, 0.4) is 0 Å². The van der Waals surface area contributed by atoms with Gasteiger partial charge in [-0.25, -0.2) is 0 Å². The topological polar surface area (TPSA) is 38.0 Å². The molecular weight excluding hydrogens is 184 g/mol. The van der Waals surface area contributed by atoms with Gasteiger partial charge in [0.15, 0.2) is 0 Å². The van der Waals surface area contributed by atoms with Crippen LogP contribution in [-0.4, -0.2) is 6.04 Å². The third-order valence-electron chi connectivity index (χ3n) is 5.11. The van der Waals surface area contributed by atoms with Crippen molar-refractivity contribution in [2.45, 2.75) is 57.4 Å². The Hall–Kier alpha value is -0.0800. The van der Waals surface area contributed by atoms with Gasteiger partial charge in [0, 0.05) is 6.04 Å². The van der Waals surface area contributed by atoms with Crippen LogP contribution in [0.5, 0.6) is 0 Å². The van der Waals surface area contributed by atoms with Crippen molar-refractivity contribution in [3.8, 4) is 0 Å². The normalized spacial score (nSPS) is 41.0. The maximum Gasteiger partial charge on any atom is 0.0241 e. The fourth-order valence-corrected chi connectivity index (χ4v) is 4.03. The third-order valence-corrected chi connectivity index (χ3v) is 5.11. The summed E-state index contributed by atoms with van der Waals surface area (Å²) in [5.74, 6) is 9.77. The van der Waals surface area contributed by atoms with Gasteiger partial charge in [-0.15, -0.1) is 0 Å². The van der Waals surface area contributed by atoms with E-state index in [0.717, 1.165) is 23.7 Å². The average Bonchev–Trinajstić information content (AvgIpc) is 2.85. The fourth-order valence-electron chi connectivity index (χ4n) is 4.03.